The molecule has 5 rings (SSSR count). The van der Waals surface area contributed by atoms with E-state index in [4.69, 9.17) is 9.72 Å². The molecule has 7 heteroatoms. The SMILES string of the molecule is COc1ccc(N2CCN(c3nccc4ccc(C(=O)NCCN5CCCC[C@@H]5C)cc34)CC2)cc1. The lowest BCUT2D eigenvalue weighted by atomic mass is 10.0. The van der Waals surface area contributed by atoms with E-state index in [1.807, 2.05) is 42.6 Å². The second-order valence-electron chi connectivity index (χ2n) is 9.88. The zero-order valence-electron chi connectivity index (χ0n) is 21.4. The Balaban J connectivity index is 1.24. The summed E-state index contributed by atoms with van der Waals surface area (Å²) in [6.45, 7) is 8.59. The van der Waals surface area contributed by atoms with Crippen molar-refractivity contribution < 1.29 is 9.53 Å². The van der Waals surface area contributed by atoms with Gasteiger partial charge in [-0.25, -0.2) is 4.98 Å². The van der Waals surface area contributed by atoms with Crippen LogP contribution in [0.15, 0.2) is 54.7 Å². The van der Waals surface area contributed by atoms with Crippen molar-refractivity contribution in [3.8, 4) is 5.75 Å². The quantitative estimate of drug-likeness (QED) is 0.540. The summed E-state index contributed by atoms with van der Waals surface area (Å²) in [6, 6.07) is 16.8. The maximum Gasteiger partial charge on any atom is 0.251 e. The van der Waals surface area contributed by atoms with Crippen LogP contribution >= 0.6 is 0 Å². The van der Waals surface area contributed by atoms with E-state index in [-0.39, 0.29) is 5.91 Å². The van der Waals surface area contributed by atoms with Gasteiger partial charge in [0.25, 0.3) is 5.91 Å². The van der Waals surface area contributed by atoms with Crippen molar-refractivity contribution in [3.05, 3.63) is 60.3 Å². The Hall–Kier alpha value is -3.32. The molecule has 36 heavy (non-hydrogen) atoms. The fourth-order valence-corrected chi connectivity index (χ4v) is 5.42. The van der Waals surface area contributed by atoms with Crippen molar-refractivity contribution >= 4 is 28.2 Å². The summed E-state index contributed by atoms with van der Waals surface area (Å²) in [5, 5.41) is 5.27. The molecule has 3 heterocycles. The highest BCUT2D eigenvalue weighted by Crippen LogP contribution is 2.28. The second kappa shape index (κ2) is 11.2. The van der Waals surface area contributed by atoms with E-state index >= 15 is 0 Å². The normalized spacial score (nSPS) is 18.9. The molecule has 0 aliphatic carbocycles. The number of hydrogen-bond donors (Lipinski definition) is 1. The number of hydrogen-bond acceptors (Lipinski definition) is 6. The number of ether oxygens (including phenoxy) is 1. The number of benzene rings is 2. The van der Waals surface area contributed by atoms with Gasteiger partial charge in [0, 0.05) is 68.1 Å². The van der Waals surface area contributed by atoms with Gasteiger partial charge < -0.3 is 19.9 Å². The molecular formula is C29H37N5O2. The molecule has 2 aliphatic heterocycles. The van der Waals surface area contributed by atoms with Crippen molar-refractivity contribution in [1.29, 1.82) is 0 Å². The molecule has 3 aromatic rings. The first-order chi connectivity index (χ1) is 17.6. The first-order valence-electron chi connectivity index (χ1n) is 13.2. The number of nitrogens with zero attached hydrogens (tertiary/aromatic N) is 4. The summed E-state index contributed by atoms with van der Waals surface area (Å²) in [7, 11) is 1.69. The van der Waals surface area contributed by atoms with E-state index in [1.165, 1.54) is 24.9 Å². The predicted octanol–water partition coefficient (Wildman–Crippen LogP) is 4.17. The topological polar surface area (TPSA) is 60.9 Å². The standard InChI is InChI=1S/C29H37N5O2/c1-22-5-3-4-15-32(22)16-14-31-29(35)24-7-6-23-12-13-30-28(27(23)21-24)34-19-17-33(18-20-34)25-8-10-26(36-2)11-9-25/h6-13,21-22H,3-5,14-20H2,1-2H3,(H,31,35)/t22-/m0/s1. The molecule has 1 aromatic heterocycles. The van der Waals surface area contributed by atoms with E-state index in [1.54, 1.807) is 7.11 Å². The van der Waals surface area contributed by atoms with E-state index in [0.717, 1.165) is 61.6 Å². The molecule has 2 aliphatic rings. The maximum atomic E-state index is 13.0. The van der Waals surface area contributed by atoms with Gasteiger partial charge in [-0.1, -0.05) is 12.5 Å². The third-order valence-electron chi connectivity index (χ3n) is 7.65. The first kappa shape index (κ1) is 24.4. The van der Waals surface area contributed by atoms with Gasteiger partial charge in [-0.2, -0.15) is 0 Å². The monoisotopic (exact) mass is 487 g/mol. The van der Waals surface area contributed by atoms with Gasteiger partial charge in [0.05, 0.1) is 7.11 Å². The number of piperazine rings is 1. The molecule has 2 saturated heterocycles. The number of likely N-dealkylation sites (tertiary alicyclic amines) is 1. The summed E-state index contributed by atoms with van der Waals surface area (Å²) in [5.74, 6) is 1.82. The Kier molecular flexibility index (Phi) is 7.56. The van der Waals surface area contributed by atoms with Crippen molar-refractivity contribution in [2.45, 2.75) is 32.2 Å². The lowest BCUT2D eigenvalue weighted by Crippen LogP contribution is -2.46. The van der Waals surface area contributed by atoms with Crippen LogP contribution in [0.1, 0.15) is 36.5 Å². The van der Waals surface area contributed by atoms with Crippen molar-refractivity contribution in [3.63, 3.8) is 0 Å². The fourth-order valence-electron chi connectivity index (χ4n) is 5.42. The number of amides is 1. The van der Waals surface area contributed by atoms with Gasteiger partial charge in [0.15, 0.2) is 0 Å². The Morgan fingerprint density at radius 2 is 1.78 bits per heavy atom. The third kappa shape index (κ3) is 5.41. The fraction of sp³-hybridized carbons (Fsp3) is 0.448. The van der Waals surface area contributed by atoms with Crippen LogP contribution in [0.2, 0.25) is 0 Å². The molecule has 0 spiro atoms. The van der Waals surface area contributed by atoms with Crippen molar-refractivity contribution in [1.82, 2.24) is 15.2 Å². The Morgan fingerprint density at radius 3 is 2.53 bits per heavy atom. The van der Waals surface area contributed by atoms with Gasteiger partial charge in [-0.3, -0.25) is 9.69 Å². The molecule has 7 nitrogen and oxygen atoms in total. The van der Waals surface area contributed by atoms with Gasteiger partial charge >= 0.3 is 0 Å². The second-order valence-corrected chi connectivity index (χ2v) is 9.88. The van der Waals surface area contributed by atoms with Crippen LogP contribution < -0.4 is 19.9 Å². The summed E-state index contributed by atoms with van der Waals surface area (Å²) < 4.78 is 5.29. The highest BCUT2D eigenvalue weighted by molar-refractivity contribution is 6.01. The van der Waals surface area contributed by atoms with Gasteiger partial charge in [-0.05, 0) is 74.2 Å². The molecular weight excluding hydrogens is 450 g/mol. The van der Waals surface area contributed by atoms with E-state index in [2.05, 4.69) is 39.1 Å². The number of anilines is 2. The number of rotatable bonds is 7. The number of fused-ring (bicyclic) bond motifs is 1. The Labute approximate surface area is 214 Å². The van der Waals surface area contributed by atoms with Crippen molar-refractivity contribution in [2.24, 2.45) is 0 Å². The third-order valence-corrected chi connectivity index (χ3v) is 7.65. The molecule has 1 amide bonds. The zero-order chi connectivity index (χ0) is 24.9. The Bertz CT molecular complexity index is 1170. The number of methoxy groups -OCH3 is 1. The molecule has 1 atom stereocenters. The van der Waals surface area contributed by atoms with E-state index in [0.29, 0.717) is 18.2 Å². The number of aromatic nitrogens is 1. The number of carbonyl (C=O) groups excluding carboxylic acids is 1. The molecule has 2 aromatic carbocycles. The lowest BCUT2D eigenvalue weighted by Gasteiger charge is -2.37. The number of piperidine rings is 1. The van der Waals surface area contributed by atoms with Crippen LogP contribution in [0, 0.1) is 0 Å². The molecule has 0 saturated carbocycles. The molecule has 190 valence electrons. The zero-order valence-corrected chi connectivity index (χ0v) is 21.4. The summed E-state index contributed by atoms with van der Waals surface area (Å²) in [5.41, 5.74) is 1.90. The average Bonchev–Trinajstić information content (AvgIpc) is 2.93. The smallest absolute Gasteiger partial charge is 0.251 e. The highest BCUT2D eigenvalue weighted by atomic mass is 16.5. The average molecular weight is 488 g/mol. The largest absolute Gasteiger partial charge is 0.497 e. The molecule has 0 unspecified atom stereocenters. The minimum Gasteiger partial charge on any atom is -0.497 e. The number of carbonyl (C=O) groups is 1. The van der Waals surface area contributed by atoms with Gasteiger partial charge in [-0.15, -0.1) is 0 Å². The molecule has 0 radical (unpaired) electrons. The van der Waals surface area contributed by atoms with Crippen LogP contribution in [0.25, 0.3) is 10.8 Å². The van der Waals surface area contributed by atoms with Crippen LogP contribution in [0.3, 0.4) is 0 Å². The predicted molar refractivity (Wildman–Crippen MR) is 146 cm³/mol. The molecule has 2 fully saturated rings. The molecule has 0 bridgehead atoms. The van der Waals surface area contributed by atoms with Crippen LogP contribution in [-0.4, -0.2) is 74.8 Å². The van der Waals surface area contributed by atoms with Crippen LogP contribution in [0.5, 0.6) is 5.75 Å². The minimum absolute atomic E-state index is 0.0132. The van der Waals surface area contributed by atoms with Crippen LogP contribution in [-0.2, 0) is 0 Å². The summed E-state index contributed by atoms with van der Waals surface area (Å²) >= 11 is 0. The number of nitrogens with one attached hydrogen (secondary N) is 1. The lowest BCUT2D eigenvalue weighted by molar-refractivity contribution is 0.0938. The Morgan fingerprint density at radius 1 is 1.00 bits per heavy atom. The highest BCUT2D eigenvalue weighted by Gasteiger charge is 2.21. The van der Waals surface area contributed by atoms with E-state index < -0.39 is 0 Å². The summed E-state index contributed by atoms with van der Waals surface area (Å²) in [4.78, 5) is 24.9. The van der Waals surface area contributed by atoms with Gasteiger partial charge in [0.2, 0.25) is 0 Å². The maximum absolute atomic E-state index is 13.0. The molecule has 1 N–H and O–H groups in total. The van der Waals surface area contributed by atoms with Gasteiger partial charge in [0.1, 0.15) is 11.6 Å². The number of pyridine rings is 1. The van der Waals surface area contributed by atoms with E-state index in [9.17, 15) is 4.79 Å². The minimum atomic E-state index is -0.0132. The van der Waals surface area contributed by atoms with Crippen molar-refractivity contribution in [2.75, 3.05) is 62.7 Å². The first-order valence-corrected chi connectivity index (χ1v) is 13.2. The van der Waals surface area contributed by atoms with Crippen LogP contribution in [0.4, 0.5) is 11.5 Å². The summed E-state index contributed by atoms with van der Waals surface area (Å²) in [6.07, 6.45) is 5.69.